The fourth-order valence-electron chi connectivity index (χ4n) is 3.72. The van der Waals surface area contributed by atoms with E-state index in [9.17, 15) is 0 Å². The highest BCUT2D eigenvalue weighted by Crippen LogP contribution is 2.27. The lowest BCUT2D eigenvalue weighted by Gasteiger charge is -2.18. The molecule has 0 saturated carbocycles. The first-order valence-electron chi connectivity index (χ1n) is 9.88. The van der Waals surface area contributed by atoms with Crippen LogP contribution < -0.4 is 19.7 Å². The molecule has 1 aliphatic heterocycles. The average molecular weight is 405 g/mol. The number of benzene rings is 1. The number of methoxy groups -OCH3 is 2. The van der Waals surface area contributed by atoms with E-state index in [1.54, 1.807) is 20.5 Å². The van der Waals surface area contributed by atoms with Crippen molar-refractivity contribution in [2.75, 3.05) is 37.5 Å². The molecule has 0 radical (unpaired) electrons. The van der Waals surface area contributed by atoms with E-state index in [0.717, 1.165) is 30.1 Å². The molecular formula is C21H23N7O2. The number of nitrogens with zero attached hydrogens (tertiary/aromatic N) is 6. The van der Waals surface area contributed by atoms with Gasteiger partial charge in [0.2, 0.25) is 5.95 Å². The van der Waals surface area contributed by atoms with Crippen LogP contribution in [0.4, 0.5) is 17.6 Å². The van der Waals surface area contributed by atoms with Gasteiger partial charge in [-0.15, -0.1) is 5.10 Å². The summed E-state index contributed by atoms with van der Waals surface area (Å²) in [7, 11) is 3.26. The first-order valence-corrected chi connectivity index (χ1v) is 9.88. The highest BCUT2D eigenvalue weighted by molar-refractivity contribution is 5.71. The van der Waals surface area contributed by atoms with Gasteiger partial charge in [-0.05, 0) is 25.0 Å². The van der Waals surface area contributed by atoms with Gasteiger partial charge in [0, 0.05) is 37.5 Å². The Morgan fingerprint density at radius 1 is 1.03 bits per heavy atom. The average Bonchev–Trinajstić information content (AvgIpc) is 3.54. The number of hydrogen-bond donors (Lipinski definition) is 1. The molecule has 0 amide bonds. The van der Waals surface area contributed by atoms with E-state index >= 15 is 0 Å². The first-order chi connectivity index (χ1) is 14.7. The van der Waals surface area contributed by atoms with Gasteiger partial charge in [0.1, 0.15) is 23.3 Å². The largest absolute Gasteiger partial charge is 0.497 e. The summed E-state index contributed by atoms with van der Waals surface area (Å²) in [6.45, 7) is 2.03. The molecule has 0 aliphatic carbocycles. The minimum absolute atomic E-state index is 0.508. The SMILES string of the molecule is COc1cc(OC)cc(-n2cnc(Nc3nc(N4CCCC4)c4cccn4n3)c2)c1. The van der Waals surface area contributed by atoms with Crippen LogP contribution in [-0.4, -0.2) is 51.5 Å². The molecule has 9 heteroatoms. The molecule has 0 bridgehead atoms. The van der Waals surface area contributed by atoms with Gasteiger partial charge in [-0.2, -0.15) is 4.98 Å². The van der Waals surface area contributed by atoms with Crippen LogP contribution in [0.3, 0.4) is 0 Å². The Morgan fingerprint density at radius 3 is 2.53 bits per heavy atom. The summed E-state index contributed by atoms with van der Waals surface area (Å²) in [6.07, 6.45) is 7.92. The number of aromatic nitrogens is 5. The fourth-order valence-corrected chi connectivity index (χ4v) is 3.72. The lowest BCUT2D eigenvalue weighted by atomic mass is 10.2. The van der Waals surface area contributed by atoms with Crippen LogP contribution in [0.2, 0.25) is 0 Å². The summed E-state index contributed by atoms with van der Waals surface area (Å²) in [5, 5.41) is 7.81. The van der Waals surface area contributed by atoms with Crippen LogP contribution in [0.15, 0.2) is 49.1 Å². The molecule has 154 valence electrons. The van der Waals surface area contributed by atoms with Crippen LogP contribution in [0, 0.1) is 0 Å². The van der Waals surface area contributed by atoms with Crippen molar-refractivity contribution in [3.63, 3.8) is 0 Å². The van der Waals surface area contributed by atoms with Gasteiger partial charge in [-0.3, -0.25) is 0 Å². The summed E-state index contributed by atoms with van der Waals surface area (Å²) < 4.78 is 14.5. The Balaban J connectivity index is 1.45. The van der Waals surface area contributed by atoms with Gasteiger partial charge in [-0.1, -0.05) is 0 Å². The molecule has 1 fully saturated rings. The van der Waals surface area contributed by atoms with E-state index < -0.39 is 0 Å². The maximum absolute atomic E-state index is 5.36. The van der Waals surface area contributed by atoms with Crippen molar-refractivity contribution < 1.29 is 9.47 Å². The van der Waals surface area contributed by atoms with Crippen molar-refractivity contribution in [2.45, 2.75) is 12.8 Å². The van der Waals surface area contributed by atoms with E-state index in [2.05, 4.69) is 20.3 Å². The number of imidazole rings is 1. The highest BCUT2D eigenvalue weighted by Gasteiger charge is 2.18. The van der Waals surface area contributed by atoms with Gasteiger partial charge in [0.25, 0.3) is 0 Å². The predicted octanol–water partition coefficient (Wildman–Crippen LogP) is 3.28. The minimum atomic E-state index is 0.508. The minimum Gasteiger partial charge on any atom is -0.497 e. The quantitative estimate of drug-likeness (QED) is 0.527. The summed E-state index contributed by atoms with van der Waals surface area (Å²) >= 11 is 0. The van der Waals surface area contributed by atoms with Crippen molar-refractivity contribution in [1.29, 1.82) is 0 Å². The molecule has 1 aliphatic rings. The third kappa shape index (κ3) is 3.38. The van der Waals surface area contributed by atoms with Gasteiger partial charge in [-0.25, -0.2) is 9.50 Å². The van der Waals surface area contributed by atoms with Gasteiger partial charge < -0.3 is 24.3 Å². The van der Waals surface area contributed by atoms with Gasteiger partial charge >= 0.3 is 0 Å². The molecule has 9 nitrogen and oxygen atoms in total. The zero-order valence-corrected chi connectivity index (χ0v) is 16.9. The van der Waals surface area contributed by atoms with Crippen molar-refractivity contribution in [1.82, 2.24) is 24.1 Å². The molecule has 1 aromatic carbocycles. The Bertz CT molecular complexity index is 1160. The second-order valence-electron chi connectivity index (χ2n) is 7.15. The summed E-state index contributed by atoms with van der Waals surface area (Å²) in [5.74, 6) is 3.53. The van der Waals surface area contributed by atoms with Crippen LogP contribution in [0.1, 0.15) is 12.8 Å². The number of rotatable bonds is 6. The number of hydrogen-bond acceptors (Lipinski definition) is 7. The molecule has 0 unspecified atom stereocenters. The monoisotopic (exact) mass is 405 g/mol. The van der Waals surface area contributed by atoms with Crippen molar-refractivity contribution >= 4 is 23.1 Å². The van der Waals surface area contributed by atoms with Crippen LogP contribution in [-0.2, 0) is 0 Å². The summed E-state index contributed by atoms with van der Waals surface area (Å²) in [5.41, 5.74) is 1.89. The first kappa shape index (κ1) is 18.3. The van der Waals surface area contributed by atoms with Crippen molar-refractivity contribution in [3.8, 4) is 17.2 Å². The zero-order valence-electron chi connectivity index (χ0n) is 16.9. The maximum atomic E-state index is 5.36. The van der Waals surface area contributed by atoms with E-state index in [1.807, 2.05) is 51.8 Å². The Labute approximate surface area is 173 Å². The van der Waals surface area contributed by atoms with E-state index in [0.29, 0.717) is 23.3 Å². The zero-order chi connectivity index (χ0) is 20.5. The molecule has 30 heavy (non-hydrogen) atoms. The second kappa shape index (κ2) is 7.58. The van der Waals surface area contributed by atoms with E-state index in [-0.39, 0.29) is 0 Å². The summed E-state index contributed by atoms with van der Waals surface area (Å²) in [4.78, 5) is 11.6. The highest BCUT2D eigenvalue weighted by atomic mass is 16.5. The molecule has 5 rings (SSSR count). The molecule has 0 spiro atoms. The van der Waals surface area contributed by atoms with Crippen LogP contribution in [0.25, 0.3) is 11.2 Å². The molecule has 4 heterocycles. The molecule has 0 atom stereocenters. The smallest absolute Gasteiger partial charge is 0.248 e. The molecule has 1 N–H and O–H groups in total. The molecule has 1 saturated heterocycles. The lowest BCUT2D eigenvalue weighted by molar-refractivity contribution is 0.394. The Kier molecular flexibility index (Phi) is 4.62. The number of nitrogens with one attached hydrogen (secondary N) is 1. The van der Waals surface area contributed by atoms with Crippen LogP contribution >= 0.6 is 0 Å². The Morgan fingerprint density at radius 2 is 1.80 bits per heavy atom. The molecule has 4 aromatic rings. The molecule has 3 aromatic heterocycles. The Hall–Kier alpha value is -3.75. The normalized spacial score (nSPS) is 13.7. The summed E-state index contributed by atoms with van der Waals surface area (Å²) in [6, 6.07) is 9.70. The lowest BCUT2D eigenvalue weighted by Crippen LogP contribution is -2.21. The van der Waals surface area contributed by atoms with Crippen LogP contribution in [0.5, 0.6) is 11.5 Å². The maximum Gasteiger partial charge on any atom is 0.248 e. The second-order valence-corrected chi connectivity index (χ2v) is 7.15. The third-order valence-electron chi connectivity index (χ3n) is 5.23. The van der Waals surface area contributed by atoms with Crippen molar-refractivity contribution in [2.24, 2.45) is 0 Å². The van der Waals surface area contributed by atoms with Crippen molar-refractivity contribution in [3.05, 3.63) is 49.1 Å². The standard InChI is InChI=1S/C21H23N7O2/c1-29-16-10-15(11-17(12-16)30-2)27-13-19(22-14-27)23-21-24-20(26-7-3-4-8-26)18-6-5-9-28(18)25-21/h5-6,9-14H,3-4,7-8H2,1-2H3,(H,23,25). The van der Waals surface area contributed by atoms with E-state index in [4.69, 9.17) is 14.5 Å². The number of anilines is 3. The third-order valence-corrected chi connectivity index (χ3v) is 5.23. The van der Waals surface area contributed by atoms with E-state index in [1.165, 1.54) is 12.8 Å². The topological polar surface area (TPSA) is 81.7 Å². The van der Waals surface area contributed by atoms with Gasteiger partial charge in [0.05, 0.1) is 26.1 Å². The van der Waals surface area contributed by atoms with Gasteiger partial charge in [0.15, 0.2) is 11.6 Å². The predicted molar refractivity (Wildman–Crippen MR) is 114 cm³/mol. The fraction of sp³-hybridized carbons (Fsp3) is 0.286. The number of ether oxygens (including phenoxy) is 2. The number of fused-ring (bicyclic) bond motifs is 1. The molecular weight excluding hydrogens is 382 g/mol.